The molecule has 0 spiro atoms. The van der Waals surface area contributed by atoms with Gasteiger partial charge in [0.2, 0.25) is 10.0 Å². The van der Waals surface area contributed by atoms with Crippen molar-refractivity contribution in [3.63, 3.8) is 0 Å². The van der Waals surface area contributed by atoms with E-state index in [1.807, 2.05) is 13.8 Å². The number of benzene rings is 1. The van der Waals surface area contributed by atoms with Gasteiger partial charge < -0.3 is 5.73 Å². The smallest absolute Gasteiger partial charge is 0.243 e. The SMILES string of the molecule is CC(C)(CN)CNS(=O)(=O)c1cc(Br)ccc1F. The van der Waals surface area contributed by atoms with Crippen LogP contribution in [-0.4, -0.2) is 21.5 Å². The molecule has 0 aliphatic rings. The van der Waals surface area contributed by atoms with Crippen molar-refractivity contribution >= 4 is 26.0 Å². The average molecular weight is 339 g/mol. The zero-order valence-electron chi connectivity index (χ0n) is 10.2. The molecule has 0 fully saturated rings. The van der Waals surface area contributed by atoms with Crippen LogP contribution in [0.1, 0.15) is 13.8 Å². The molecule has 102 valence electrons. The molecule has 0 amide bonds. The Hall–Kier alpha value is -0.500. The summed E-state index contributed by atoms with van der Waals surface area (Å²) < 4.78 is 40.3. The summed E-state index contributed by atoms with van der Waals surface area (Å²) in [4.78, 5) is -0.371. The lowest BCUT2D eigenvalue weighted by molar-refractivity contribution is 0.375. The zero-order valence-corrected chi connectivity index (χ0v) is 12.6. The Bertz CT molecular complexity index is 532. The lowest BCUT2D eigenvalue weighted by atomic mass is 9.95. The first kappa shape index (κ1) is 15.6. The predicted octanol–water partition coefficient (Wildman–Crippen LogP) is 1.85. The van der Waals surface area contributed by atoms with Crippen molar-refractivity contribution in [3.8, 4) is 0 Å². The van der Waals surface area contributed by atoms with Crippen LogP contribution in [0.2, 0.25) is 0 Å². The van der Waals surface area contributed by atoms with Crippen molar-refractivity contribution in [2.75, 3.05) is 13.1 Å². The number of hydrogen-bond donors (Lipinski definition) is 2. The number of nitrogens with one attached hydrogen (secondary N) is 1. The molecule has 0 bridgehead atoms. The Kier molecular flexibility index (Phi) is 4.88. The van der Waals surface area contributed by atoms with Crippen molar-refractivity contribution in [1.29, 1.82) is 0 Å². The van der Waals surface area contributed by atoms with E-state index >= 15 is 0 Å². The van der Waals surface area contributed by atoms with Crippen molar-refractivity contribution in [3.05, 3.63) is 28.5 Å². The number of sulfonamides is 1. The number of rotatable bonds is 5. The fraction of sp³-hybridized carbons (Fsp3) is 0.455. The maximum absolute atomic E-state index is 13.5. The minimum Gasteiger partial charge on any atom is -0.330 e. The predicted molar refractivity (Wildman–Crippen MR) is 72.1 cm³/mol. The molecule has 4 nitrogen and oxygen atoms in total. The summed E-state index contributed by atoms with van der Waals surface area (Å²) >= 11 is 3.11. The molecule has 1 rings (SSSR count). The van der Waals surface area contributed by atoms with Crippen LogP contribution in [-0.2, 0) is 10.0 Å². The van der Waals surface area contributed by atoms with Crippen LogP contribution in [0.5, 0.6) is 0 Å². The van der Waals surface area contributed by atoms with Crippen molar-refractivity contribution < 1.29 is 12.8 Å². The molecule has 0 heterocycles. The number of halogens is 2. The summed E-state index contributed by atoms with van der Waals surface area (Å²) in [7, 11) is -3.87. The Morgan fingerprint density at radius 2 is 2.06 bits per heavy atom. The van der Waals surface area contributed by atoms with Gasteiger partial charge in [-0.15, -0.1) is 0 Å². The van der Waals surface area contributed by atoms with Gasteiger partial charge in [-0.25, -0.2) is 17.5 Å². The minimum atomic E-state index is -3.87. The van der Waals surface area contributed by atoms with E-state index in [9.17, 15) is 12.8 Å². The zero-order chi connectivity index (χ0) is 14.0. The first-order valence-electron chi connectivity index (χ1n) is 5.33. The van der Waals surface area contributed by atoms with Gasteiger partial charge in [-0.05, 0) is 30.2 Å². The van der Waals surface area contributed by atoms with E-state index in [1.165, 1.54) is 12.1 Å². The standard InChI is InChI=1S/C11H16BrFN2O2S/c1-11(2,6-14)7-15-18(16,17)10-5-8(12)3-4-9(10)13/h3-5,15H,6-7,14H2,1-2H3. The number of nitrogens with two attached hydrogens (primary N) is 1. The summed E-state index contributed by atoms with van der Waals surface area (Å²) in [6, 6.07) is 3.78. The van der Waals surface area contributed by atoms with Gasteiger partial charge in [-0.2, -0.15) is 0 Å². The lowest BCUT2D eigenvalue weighted by Gasteiger charge is -2.22. The van der Waals surface area contributed by atoms with Crippen LogP contribution >= 0.6 is 15.9 Å². The second-order valence-electron chi connectivity index (χ2n) is 4.77. The van der Waals surface area contributed by atoms with Gasteiger partial charge in [0.25, 0.3) is 0 Å². The topological polar surface area (TPSA) is 72.2 Å². The second-order valence-corrected chi connectivity index (χ2v) is 7.42. The quantitative estimate of drug-likeness (QED) is 0.860. The van der Waals surface area contributed by atoms with Crippen LogP contribution in [0.3, 0.4) is 0 Å². The largest absolute Gasteiger partial charge is 0.330 e. The van der Waals surface area contributed by atoms with Gasteiger partial charge in [0.05, 0.1) is 0 Å². The molecule has 0 unspecified atom stereocenters. The number of hydrogen-bond acceptors (Lipinski definition) is 3. The van der Waals surface area contributed by atoms with Crippen LogP contribution in [0, 0.1) is 11.2 Å². The second kappa shape index (κ2) is 5.64. The molecule has 0 atom stereocenters. The molecule has 0 saturated heterocycles. The molecule has 0 aromatic heterocycles. The van der Waals surface area contributed by atoms with Gasteiger partial charge >= 0.3 is 0 Å². The maximum atomic E-state index is 13.5. The molecule has 0 saturated carbocycles. The van der Waals surface area contributed by atoms with Crippen molar-refractivity contribution in [1.82, 2.24) is 4.72 Å². The van der Waals surface area contributed by atoms with Crippen molar-refractivity contribution in [2.45, 2.75) is 18.7 Å². The monoisotopic (exact) mass is 338 g/mol. The molecule has 18 heavy (non-hydrogen) atoms. The van der Waals surface area contributed by atoms with E-state index in [0.717, 1.165) is 6.07 Å². The first-order chi connectivity index (χ1) is 8.18. The van der Waals surface area contributed by atoms with Crippen LogP contribution in [0.15, 0.2) is 27.6 Å². The average Bonchev–Trinajstić information content (AvgIpc) is 2.30. The van der Waals surface area contributed by atoms with Crippen molar-refractivity contribution in [2.24, 2.45) is 11.1 Å². The molecule has 3 N–H and O–H groups in total. The molecule has 1 aromatic rings. The third kappa shape index (κ3) is 4.01. The van der Waals surface area contributed by atoms with Crippen LogP contribution in [0.25, 0.3) is 0 Å². The summed E-state index contributed by atoms with van der Waals surface area (Å²) in [5.74, 6) is -0.781. The molecular formula is C11H16BrFN2O2S. The Morgan fingerprint density at radius 3 is 2.61 bits per heavy atom. The summed E-state index contributed by atoms with van der Waals surface area (Å²) in [6.07, 6.45) is 0. The molecule has 0 radical (unpaired) electrons. The van der Waals surface area contributed by atoms with Crippen LogP contribution in [0.4, 0.5) is 4.39 Å². The van der Waals surface area contributed by atoms with Crippen LogP contribution < -0.4 is 10.5 Å². The van der Waals surface area contributed by atoms with Gasteiger partial charge in [0.1, 0.15) is 10.7 Å². The lowest BCUT2D eigenvalue weighted by Crippen LogP contribution is -2.38. The molecule has 7 heteroatoms. The molecule has 1 aromatic carbocycles. The Morgan fingerprint density at radius 1 is 1.44 bits per heavy atom. The van der Waals surface area contributed by atoms with E-state index in [0.29, 0.717) is 11.0 Å². The highest BCUT2D eigenvalue weighted by atomic mass is 79.9. The Labute approximate surface area is 115 Å². The molecular weight excluding hydrogens is 323 g/mol. The van der Waals surface area contributed by atoms with E-state index in [4.69, 9.17) is 5.73 Å². The van der Waals surface area contributed by atoms with Gasteiger partial charge in [-0.3, -0.25) is 0 Å². The highest BCUT2D eigenvalue weighted by Gasteiger charge is 2.23. The third-order valence-corrected chi connectivity index (χ3v) is 4.39. The van der Waals surface area contributed by atoms with Gasteiger partial charge in [-0.1, -0.05) is 29.8 Å². The fourth-order valence-corrected chi connectivity index (χ4v) is 2.98. The molecule has 0 aliphatic heterocycles. The molecule has 0 aliphatic carbocycles. The highest BCUT2D eigenvalue weighted by Crippen LogP contribution is 2.20. The maximum Gasteiger partial charge on any atom is 0.243 e. The Balaban J connectivity index is 2.97. The summed E-state index contributed by atoms with van der Waals surface area (Å²) in [6.45, 7) is 4.13. The van der Waals surface area contributed by atoms with E-state index in [-0.39, 0.29) is 16.9 Å². The highest BCUT2D eigenvalue weighted by molar-refractivity contribution is 9.10. The fourth-order valence-electron chi connectivity index (χ4n) is 1.12. The van der Waals surface area contributed by atoms with Gasteiger partial charge in [0, 0.05) is 11.0 Å². The van der Waals surface area contributed by atoms with E-state index < -0.39 is 15.8 Å². The summed E-state index contributed by atoms with van der Waals surface area (Å²) in [5.41, 5.74) is 5.13. The van der Waals surface area contributed by atoms with E-state index in [1.54, 1.807) is 0 Å². The van der Waals surface area contributed by atoms with Gasteiger partial charge in [0.15, 0.2) is 0 Å². The summed E-state index contributed by atoms with van der Waals surface area (Å²) in [5, 5.41) is 0. The normalized spacial score (nSPS) is 12.7. The minimum absolute atomic E-state index is 0.151. The first-order valence-corrected chi connectivity index (χ1v) is 7.60. The van der Waals surface area contributed by atoms with E-state index in [2.05, 4.69) is 20.7 Å². The third-order valence-electron chi connectivity index (χ3n) is 2.48.